The van der Waals surface area contributed by atoms with Crippen LogP contribution in [0.15, 0.2) is 12.4 Å². The van der Waals surface area contributed by atoms with E-state index in [1.165, 1.54) is 0 Å². The van der Waals surface area contributed by atoms with Crippen LogP contribution < -0.4 is 5.32 Å². The lowest BCUT2D eigenvalue weighted by Gasteiger charge is -2.35. The average Bonchev–Trinajstić information content (AvgIpc) is 2.44. The molecule has 0 spiro atoms. The van der Waals surface area contributed by atoms with Gasteiger partial charge in [0.1, 0.15) is 5.60 Å². The number of hydrogen-bond donors (Lipinski definition) is 1. The third-order valence-electron chi connectivity index (χ3n) is 4.46. The molecule has 0 unspecified atom stereocenters. The van der Waals surface area contributed by atoms with Gasteiger partial charge in [-0.25, -0.2) is 4.79 Å². The molecule has 3 heterocycles. The second-order valence-corrected chi connectivity index (χ2v) is 7.42. The summed E-state index contributed by atoms with van der Waals surface area (Å²) >= 11 is 0. The summed E-state index contributed by atoms with van der Waals surface area (Å²) < 4.78 is 5.46. The van der Waals surface area contributed by atoms with Gasteiger partial charge in [0.15, 0.2) is 0 Å². The molecule has 1 N–H and O–H groups in total. The molecular formula is C17H26N4O2. The average molecular weight is 318 g/mol. The van der Waals surface area contributed by atoms with Gasteiger partial charge in [0.05, 0.1) is 11.4 Å². The zero-order valence-electron chi connectivity index (χ0n) is 14.2. The van der Waals surface area contributed by atoms with Gasteiger partial charge in [-0.15, -0.1) is 0 Å². The molecule has 0 atom stereocenters. The lowest BCUT2D eigenvalue weighted by Crippen LogP contribution is -2.43. The molecule has 0 aliphatic carbocycles. The number of nitrogens with zero attached hydrogens (tertiary/aromatic N) is 3. The maximum Gasteiger partial charge on any atom is 0.410 e. The first-order valence-corrected chi connectivity index (χ1v) is 8.43. The minimum absolute atomic E-state index is 0.210. The van der Waals surface area contributed by atoms with Crippen LogP contribution in [0.5, 0.6) is 0 Å². The SMILES string of the molecule is CC(C)(C)OC(=O)N1CCC(c2nccnc2C2CNC2)CC1. The number of hydrogen-bond acceptors (Lipinski definition) is 5. The van der Waals surface area contributed by atoms with Crippen molar-refractivity contribution in [3.05, 3.63) is 23.8 Å². The van der Waals surface area contributed by atoms with E-state index >= 15 is 0 Å². The van der Waals surface area contributed by atoms with Gasteiger partial charge in [-0.2, -0.15) is 0 Å². The van der Waals surface area contributed by atoms with Crippen LogP contribution in [0, 0.1) is 0 Å². The van der Waals surface area contributed by atoms with Crippen molar-refractivity contribution in [1.29, 1.82) is 0 Å². The third kappa shape index (κ3) is 3.80. The summed E-state index contributed by atoms with van der Waals surface area (Å²) in [4.78, 5) is 23.1. The van der Waals surface area contributed by atoms with E-state index in [9.17, 15) is 4.79 Å². The quantitative estimate of drug-likeness (QED) is 0.906. The fourth-order valence-electron chi connectivity index (χ4n) is 3.13. The summed E-state index contributed by atoms with van der Waals surface area (Å²) in [5, 5.41) is 3.30. The van der Waals surface area contributed by atoms with Crippen LogP contribution in [-0.4, -0.2) is 52.7 Å². The smallest absolute Gasteiger partial charge is 0.410 e. The molecule has 6 heteroatoms. The van der Waals surface area contributed by atoms with E-state index in [0.29, 0.717) is 11.8 Å². The fourth-order valence-corrected chi connectivity index (χ4v) is 3.13. The molecule has 2 saturated heterocycles. The van der Waals surface area contributed by atoms with Crippen LogP contribution in [0.25, 0.3) is 0 Å². The molecule has 0 saturated carbocycles. The van der Waals surface area contributed by atoms with Gasteiger partial charge in [-0.3, -0.25) is 9.97 Å². The minimum Gasteiger partial charge on any atom is -0.444 e. The molecule has 2 aliphatic heterocycles. The summed E-state index contributed by atoms with van der Waals surface area (Å²) in [5.41, 5.74) is 1.83. The summed E-state index contributed by atoms with van der Waals surface area (Å²) in [5.74, 6) is 0.876. The van der Waals surface area contributed by atoms with Gasteiger partial charge in [0, 0.05) is 50.4 Å². The number of carbonyl (C=O) groups excluding carboxylic acids is 1. The number of nitrogens with one attached hydrogen (secondary N) is 1. The number of piperidine rings is 1. The highest BCUT2D eigenvalue weighted by molar-refractivity contribution is 5.68. The molecule has 2 aliphatic rings. The second kappa shape index (κ2) is 6.43. The number of amides is 1. The normalized spacial score (nSPS) is 20.2. The molecular weight excluding hydrogens is 292 g/mol. The van der Waals surface area contributed by atoms with Crippen LogP contribution in [0.3, 0.4) is 0 Å². The number of carbonyl (C=O) groups is 1. The molecule has 1 aromatic rings. The van der Waals surface area contributed by atoms with Gasteiger partial charge < -0.3 is 15.0 Å². The first-order valence-electron chi connectivity index (χ1n) is 8.43. The van der Waals surface area contributed by atoms with Crippen molar-refractivity contribution >= 4 is 6.09 Å². The molecule has 3 rings (SSSR count). The first-order chi connectivity index (χ1) is 10.9. The summed E-state index contributed by atoms with van der Waals surface area (Å²) in [7, 11) is 0. The molecule has 6 nitrogen and oxygen atoms in total. The Morgan fingerprint density at radius 1 is 1.13 bits per heavy atom. The highest BCUT2D eigenvalue weighted by Gasteiger charge is 2.31. The zero-order chi connectivity index (χ0) is 16.4. The van der Waals surface area contributed by atoms with Crippen LogP contribution in [0.4, 0.5) is 4.79 Å². The third-order valence-corrected chi connectivity index (χ3v) is 4.46. The van der Waals surface area contributed by atoms with Crippen molar-refractivity contribution in [3.8, 4) is 0 Å². The number of ether oxygens (including phenoxy) is 1. The highest BCUT2D eigenvalue weighted by atomic mass is 16.6. The highest BCUT2D eigenvalue weighted by Crippen LogP contribution is 2.32. The van der Waals surface area contributed by atoms with E-state index in [1.54, 1.807) is 12.4 Å². The lowest BCUT2D eigenvalue weighted by molar-refractivity contribution is 0.0203. The molecule has 126 valence electrons. The maximum absolute atomic E-state index is 12.2. The van der Waals surface area contributed by atoms with Crippen LogP contribution >= 0.6 is 0 Å². The van der Waals surface area contributed by atoms with Crippen molar-refractivity contribution in [1.82, 2.24) is 20.2 Å². The Balaban J connectivity index is 1.62. The number of rotatable bonds is 2. The van der Waals surface area contributed by atoms with E-state index in [0.717, 1.165) is 50.4 Å². The molecule has 1 aromatic heterocycles. The molecule has 0 radical (unpaired) electrons. The topological polar surface area (TPSA) is 67.3 Å². The van der Waals surface area contributed by atoms with Crippen molar-refractivity contribution in [2.24, 2.45) is 0 Å². The number of likely N-dealkylation sites (tertiary alicyclic amines) is 1. The second-order valence-electron chi connectivity index (χ2n) is 7.42. The van der Waals surface area contributed by atoms with Crippen molar-refractivity contribution in [3.63, 3.8) is 0 Å². The van der Waals surface area contributed by atoms with E-state index in [2.05, 4.69) is 15.3 Å². The fraction of sp³-hybridized carbons (Fsp3) is 0.706. The molecule has 23 heavy (non-hydrogen) atoms. The predicted octanol–water partition coefficient (Wildman–Crippen LogP) is 2.28. The lowest BCUT2D eigenvalue weighted by atomic mass is 9.87. The Morgan fingerprint density at radius 3 is 2.17 bits per heavy atom. The molecule has 0 bridgehead atoms. The van der Waals surface area contributed by atoms with E-state index in [-0.39, 0.29) is 6.09 Å². The predicted molar refractivity (Wildman–Crippen MR) is 87.4 cm³/mol. The minimum atomic E-state index is -0.441. The monoisotopic (exact) mass is 318 g/mol. The van der Waals surface area contributed by atoms with Gasteiger partial charge in [0.2, 0.25) is 0 Å². The zero-order valence-corrected chi connectivity index (χ0v) is 14.2. The van der Waals surface area contributed by atoms with Gasteiger partial charge >= 0.3 is 6.09 Å². The Labute approximate surface area is 137 Å². The maximum atomic E-state index is 12.2. The molecule has 1 amide bonds. The number of aromatic nitrogens is 2. The van der Waals surface area contributed by atoms with Crippen LogP contribution in [0.2, 0.25) is 0 Å². The summed E-state index contributed by atoms with van der Waals surface area (Å²) in [6, 6.07) is 0. The standard InChI is InChI=1S/C17H26N4O2/c1-17(2,3)23-16(22)21-8-4-12(5-9-21)14-15(13-10-18-11-13)20-7-6-19-14/h6-7,12-13,18H,4-5,8-11H2,1-3H3. The largest absolute Gasteiger partial charge is 0.444 e. The van der Waals surface area contributed by atoms with E-state index in [4.69, 9.17) is 4.74 Å². The van der Waals surface area contributed by atoms with Gasteiger partial charge in [-0.1, -0.05) is 0 Å². The van der Waals surface area contributed by atoms with Crippen LogP contribution in [-0.2, 0) is 4.74 Å². The Morgan fingerprint density at radius 2 is 1.70 bits per heavy atom. The summed E-state index contributed by atoms with van der Waals surface area (Å²) in [6.07, 6.45) is 5.20. The van der Waals surface area contributed by atoms with E-state index in [1.807, 2.05) is 25.7 Å². The van der Waals surface area contributed by atoms with Gasteiger partial charge in [-0.05, 0) is 33.6 Å². The van der Waals surface area contributed by atoms with Crippen LogP contribution in [0.1, 0.15) is 56.8 Å². The first kappa shape index (κ1) is 16.2. The Kier molecular flexibility index (Phi) is 4.53. The van der Waals surface area contributed by atoms with Gasteiger partial charge in [0.25, 0.3) is 0 Å². The van der Waals surface area contributed by atoms with Crippen molar-refractivity contribution in [2.45, 2.75) is 51.0 Å². The van der Waals surface area contributed by atoms with Crippen molar-refractivity contribution in [2.75, 3.05) is 26.2 Å². The summed E-state index contributed by atoms with van der Waals surface area (Å²) in [6.45, 7) is 9.12. The Hall–Kier alpha value is -1.69. The Bertz CT molecular complexity index is 558. The van der Waals surface area contributed by atoms with Crippen molar-refractivity contribution < 1.29 is 9.53 Å². The molecule has 2 fully saturated rings. The van der Waals surface area contributed by atoms with E-state index < -0.39 is 5.60 Å². The molecule has 0 aromatic carbocycles.